The molecule has 2 N–H and O–H groups in total. The molecule has 0 aromatic rings. The summed E-state index contributed by atoms with van der Waals surface area (Å²) in [5.41, 5.74) is 0. The van der Waals surface area contributed by atoms with Crippen LogP contribution in [0.15, 0.2) is 0 Å². The average molecular weight is 184 g/mol. The summed E-state index contributed by atoms with van der Waals surface area (Å²) in [6, 6.07) is 0.836. The molecule has 0 aromatic heterocycles. The summed E-state index contributed by atoms with van der Waals surface area (Å²) >= 11 is 0. The van der Waals surface area contributed by atoms with E-state index in [4.69, 9.17) is 0 Å². The van der Waals surface area contributed by atoms with Gasteiger partial charge in [-0.25, -0.2) is 0 Å². The van der Waals surface area contributed by atoms with Crippen molar-refractivity contribution in [1.82, 2.24) is 10.6 Å². The topological polar surface area (TPSA) is 24.1 Å². The number of piperidine rings is 1. The summed E-state index contributed by atoms with van der Waals surface area (Å²) in [6.45, 7) is 2.43. The number of rotatable bonds is 6. The average Bonchev–Trinajstić information content (AvgIpc) is 2.19. The van der Waals surface area contributed by atoms with Gasteiger partial charge < -0.3 is 10.6 Å². The molecule has 0 aromatic carbocycles. The normalized spacial score (nSPS) is 23.3. The van der Waals surface area contributed by atoms with Crippen LogP contribution in [0.25, 0.3) is 0 Å². The van der Waals surface area contributed by atoms with Gasteiger partial charge >= 0.3 is 0 Å². The second kappa shape index (κ2) is 7.34. The molecular weight excluding hydrogens is 160 g/mol. The third kappa shape index (κ3) is 5.27. The fraction of sp³-hybridized carbons (Fsp3) is 1.00. The van der Waals surface area contributed by atoms with Gasteiger partial charge in [0.25, 0.3) is 0 Å². The van der Waals surface area contributed by atoms with Crippen LogP contribution in [0, 0.1) is 0 Å². The van der Waals surface area contributed by atoms with Gasteiger partial charge in [0.05, 0.1) is 0 Å². The van der Waals surface area contributed by atoms with Gasteiger partial charge in [-0.1, -0.05) is 19.3 Å². The standard InChI is InChI=1S/C11H24N2/c1-12-9-5-2-3-7-11-8-4-6-10-13-11/h11-13H,2-10H2,1H3. The summed E-state index contributed by atoms with van der Waals surface area (Å²) < 4.78 is 0. The van der Waals surface area contributed by atoms with Crippen molar-refractivity contribution in [1.29, 1.82) is 0 Å². The molecule has 1 aliphatic rings. The van der Waals surface area contributed by atoms with E-state index in [1.54, 1.807) is 0 Å². The van der Waals surface area contributed by atoms with E-state index in [-0.39, 0.29) is 0 Å². The zero-order chi connectivity index (χ0) is 9.36. The second-order valence-electron chi connectivity index (χ2n) is 4.10. The molecule has 0 saturated carbocycles. The molecule has 78 valence electrons. The molecule has 2 heteroatoms. The Hall–Kier alpha value is -0.0800. The number of hydrogen-bond donors (Lipinski definition) is 2. The summed E-state index contributed by atoms with van der Waals surface area (Å²) in [4.78, 5) is 0. The molecule has 13 heavy (non-hydrogen) atoms. The molecule has 1 unspecified atom stereocenters. The van der Waals surface area contributed by atoms with E-state index in [1.165, 1.54) is 58.0 Å². The van der Waals surface area contributed by atoms with Crippen LogP contribution in [0.4, 0.5) is 0 Å². The molecular formula is C11H24N2. The van der Waals surface area contributed by atoms with E-state index in [0.717, 1.165) is 6.04 Å². The Balaban J connectivity index is 1.86. The van der Waals surface area contributed by atoms with Gasteiger partial charge in [-0.3, -0.25) is 0 Å². The van der Waals surface area contributed by atoms with Crippen molar-refractivity contribution in [3.63, 3.8) is 0 Å². The lowest BCUT2D eigenvalue weighted by Gasteiger charge is -2.23. The van der Waals surface area contributed by atoms with Crippen molar-refractivity contribution in [2.45, 2.75) is 51.0 Å². The second-order valence-corrected chi connectivity index (χ2v) is 4.10. The Labute approximate surface area is 82.5 Å². The Morgan fingerprint density at radius 2 is 2.15 bits per heavy atom. The molecule has 2 nitrogen and oxygen atoms in total. The van der Waals surface area contributed by atoms with Crippen molar-refractivity contribution in [3.05, 3.63) is 0 Å². The highest BCUT2D eigenvalue weighted by atomic mass is 14.9. The molecule has 0 amide bonds. The molecule has 1 atom stereocenters. The van der Waals surface area contributed by atoms with Crippen molar-refractivity contribution in [3.8, 4) is 0 Å². The van der Waals surface area contributed by atoms with E-state index < -0.39 is 0 Å². The first-order valence-corrected chi connectivity index (χ1v) is 5.81. The van der Waals surface area contributed by atoms with Crippen LogP contribution in [0.3, 0.4) is 0 Å². The van der Waals surface area contributed by atoms with Gasteiger partial charge in [0.1, 0.15) is 0 Å². The predicted molar refractivity (Wildman–Crippen MR) is 58.0 cm³/mol. The van der Waals surface area contributed by atoms with E-state index >= 15 is 0 Å². The van der Waals surface area contributed by atoms with Crippen LogP contribution in [-0.4, -0.2) is 26.2 Å². The lowest BCUT2D eigenvalue weighted by Crippen LogP contribution is -2.33. The molecule has 1 aliphatic heterocycles. The Morgan fingerprint density at radius 3 is 2.85 bits per heavy atom. The van der Waals surface area contributed by atoms with Gasteiger partial charge in [-0.15, -0.1) is 0 Å². The van der Waals surface area contributed by atoms with Crippen LogP contribution < -0.4 is 10.6 Å². The first-order chi connectivity index (χ1) is 6.43. The van der Waals surface area contributed by atoms with Gasteiger partial charge in [0, 0.05) is 6.04 Å². The monoisotopic (exact) mass is 184 g/mol. The minimum Gasteiger partial charge on any atom is -0.320 e. The first kappa shape index (κ1) is 11.0. The first-order valence-electron chi connectivity index (χ1n) is 5.81. The third-order valence-electron chi connectivity index (χ3n) is 2.89. The lowest BCUT2D eigenvalue weighted by molar-refractivity contribution is 0.371. The zero-order valence-electron chi connectivity index (χ0n) is 8.94. The summed E-state index contributed by atoms with van der Waals surface area (Å²) in [5, 5.41) is 6.78. The Bertz CT molecular complexity index is 109. The molecule has 1 saturated heterocycles. The SMILES string of the molecule is CNCCCCCC1CCCCN1. The minimum absolute atomic E-state index is 0.836. The van der Waals surface area contributed by atoms with E-state index in [9.17, 15) is 0 Å². The van der Waals surface area contributed by atoms with Crippen molar-refractivity contribution >= 4 is 0 Å². The maximum atomic E-state index is 3.59. The van der Waals surface area contributed by atoms with E-state index in [1.807, 2.05) is 7.05 Å². The Kier molecular flexibility index (Phi) is 6.21. The van der Waals surface area contributed by atoms with Crippen LogP contribution >= 0.6 is 0 Å². The molecule has 1 fully saturated rings. The fourth-order valence-electron chi connectivity index (χ4n) is 2.04. The van der Waals surface area contributed by atoms with Crippen LogP contribution in [0.2, 0.25) is 0 Å². The van der Waals surface area contributed by atoms with Crippen LogP contribution in [0.1, 0.15) is 44.9 Å². The number of nitrogens with one attached hydrogen (secondary N) is 2. The summed E-state index contributed by atoms with van der Waals surface area (Å²) in [5.74, 6) is 0. The van der Waals surface area contributed by atoms with Crippen molar-refractivity contribution in [2.75, 3.05) is 20.1 Å². The van der Waals surface area contributed by atoms with Crippen molar-refractivity contribution in [2.24, 2.45) is 0 Å². The number of hydrogen-bond acceptors (Lipinski definition) is 2. The minimum atomic E-state index is 0.836. The highest BCUT2D eigenvalue weighted by Crippen LogP contribution is 2.13. The predicted octanol–water partition coefficient (Wildman–Crippen LogP) is 1.91. The maximum absolute atomic E-state index is 3.59. The highest BCUT2D eigenvalue weighted by molar-refractivity contribution is 4.71. The molecule has 0 aliphatic carbocycles. The third-order valence-corrected chi connectivity index (χ3v) is 2.89. The van der Waals surface area contributed by atoms with Gasteiger partial charge in [0.2, 0.25) is 0 Å². The highest BCUT2D eigenvalue weighted by Gasteiger charge is 2.10. The fourth-order valence-corrected chi connectivity index (χ4v) is 2.04. The van der Waals surface area contributed by atoms with E-state index in [2.05, 4.69) is 10.6 Å². The largest absolute Gasteiger partial charge is 0.320 e. The zero-order valence-corrected chi connectivity index (χ0v) is 8.94. The molecule has 0 bridgehead atoms. The molecule has 0 radical (unpaired) electrons. The number of unbranched alkanes of at least 4 members (excludes halogenated alkanes) is 2. The van der Waals surface area contributed by atoms with Gasteiger partial charge in [0.15, 0.2) is 0 Å². The molecule has 1 heterocycles. The lowest BCUT2D eigenvalue weighted by atomic mass is 9.99. The molecule has 1 rings (SSSR count). The smallest absolute Gasteiger partial charge is 0.00670 e. The quantitative estimate of drug-likeness (QED) is 0.616. The molecule has 0 spiro atoms. The summed E-state index contributed by atoms with van der Waals surface area (Å²) in [7, 11) is 2.03. The maximum Gasteiger partial charge on any atom is 0.00670 e. The Morgan fingerprint density at radius 1 is 1.23 bits per heavy atom. The van der Waals surface area contributed by atoms with Crippen molar-refractivity contribution < 1.29 is 0 Å². The van der Waals surface area contributed by atoms with Gasteiger partial charge in [-0.05, 0) is 45.8 Å². The summed E-state index contributed by atoms with van der Waals surface area (Å²) in [6.07, 6.45) is 9.75. The van der Waals surface area contributed by atoms with Crippen LogP contribution in [-0.2, 0) is 0 Å². The van der Waals surface area contributed by atoms with Gasteiger partial charge in [-0.2, -0.15) is 0 Å². The van der Waals surface area contributed by atoms with E-state index in [0.29, 0.717) is 0 Å². The van der Waals surface area contributed by atoms with Crippen LogP contribution in [0.5, 0.6) is 0 Å².